The van der Waals surface area contributed by atoms with Gasteiger partial charge in [-0.15, -0.1) is 0 Å². The second kappa shape index (κ2) is 3.10. The van der Waals surface area contributed by atoms with Crippen LogP contribution in [0.2, 0.25) is 0 Å². The summed E-state index contributed by atoms with van der Waals surface area (Å²) >= 11 is 0. The fourth-order valence-electron chi connectivity index (χ4n) is 1.08. The number of nitrogens with zero attached hydrogens (tertiary/aromatic N) is 3. The van der Waals surface area contributed by atoms with Crippen LogP contribution in [0.15, 0.2) is 12.5 Å². The summed E-state index contributed by atoms with van der Waals surface area (Å²) in [5.41, 5.74) is 1.51. The first-order valence-electron chi connectivity index (χ1n) is 3.99. The molecule has 68 valence electrons. The van der Waals surface area contributed by atoms with Crippen molar-refractivity contribution in [3.63, 3.8) is 0 Å². The zero-order valence-electron chi connectivity index (χ0n) is 7.48. The Bertz CT molecular complexity index is 378. The van der Waals surface area contributed by atoms with Crippen LogP contribution in [0.5, 0.6) is 0 Å². The van der Waals surface area contributed by atoms with Crippen molar-refractivity contribution in [1.82, 2.24) is 19.9 Å². The van der Waals surface area contributed by atoms with Crippen molar-refractivity contribution in [2.75, 3.05) is 7.11 Å². The monoisotopic (exact) mass is 178 g/mol. The number of fused-ring (bicyclic) bond motifs is 1. The minimum absolute atomic E-state index is 0.0470. The molecule has 13 heavy (non-hydrogen) atoms. The van der Waals surface area contributed by atoms with Crippen LogP contribution in [0, 0.1) is 0 Å². The van der Waals surface area contributed by atoms with Crippen LogP contribution >= 0.6 is 0 Å². The lowest BCUT2D eigenvalue weighted by Gasteiger charge is -2.03. The van der Waals surface area contributed by atoms with Crippen molar-refractivity contribution in [3.05, 3.63) is 18.3 Å². The average Bonchev–Trinajstić information content (AvgIpc) is 2.59. The Morgan fingerprint density at radius 3 is 3.08 bits per heavy atom. The van der Waals surface area contributed by atoms with Gasteiger partial charge in [0.25, 0.3) is 0 Å². The molecule has 0 aliphatic heterocycles. The Morgan fingerprint density at radius 1 is 1.54 bits per heavy atom. The molecule has 0 saturated carbocycles. The number of methoxy groups -OCH3 is 1. The lowest BCUT2D eigenvalue weighted by molar-refractivity contribution is 0.113. The van der Waals surface area contributed by atoms with Gasteiger partial charge in [0.1, 0.15) is 23.8 Å². The summed E-state index contributed by atoms with van der Waals surface area (Å²) in [6.45, 7) is 1.92. The third kappa shape index (κ3) is 1.38. The van der Waals surface area contributed by atoms with Crippen molar-refractivity contribution < 1.29 is 4.74 Å². The van der Waals surface area contributed by atoms with E-state index in [0.29, 0.717) is 5.65 Å². The Labute approximate surface area is 75.2 Å². The lowest BCUT2D eigenvalue weighted by Crippen LogP contribution is -1.97. The van der Waals surface area contributed by atoms with E-state index < -0.39 is 0 Å². The Kier molecular flexibility index (Phi) is 1.94. The van der Waals surface area contributed by atoms with Crippen LogP contribution in [0.3, 0.4) is 0 Å². The van der Waals surface area contributed by atoms with Crippen LogP contribution in [0.4, 0.5) is 0 Å². The molecule has 2 heterocycles. The van der Waals surface area contributed by atoms with E-state index in [4.69, 9.17) is 4.74 Å². The van der Waals surface area contributed by atoms with Crippen molar-refractivity contribution >= 4 is 11.2 Å². The van der Waals surface area contributed by atoms with Crippen molar-refractivity contribution in [3.8, 4) is 0 Å². The molecule has 5 heteroatoms. The maximum absolute atomic E-state index is 5.12. The Morgan fingerprint density at radius 2 is 2.38 bits per heavy atom. The van der Waals surface area contributed by atoms with Gasteiger partial charge in [-0.2, -0.15) is 0 Å². The SMILES string of the molecule is COC(C)c1nc2ncncc2[nH]1. The molecule has 1 atom stereocenters. The van der Waals surface area contributed by atoms with Crippen LogP contribution in [0.25, 0.3) is 11.2 Å². The molecular formula is C8H10N4O. The molecule has 0 saturated heterocycles. The number of imidazole rings is 1. The van der Waals surface area contributed by atoms with E-state index in [-0.39, 0.29) is 6.10 Å². The number of H-pyrrole nitrogens is 1. The first-order valence-corrected chi connectivity index (χ1v) is 3.99. The van der Waals surface area contributed by atoms with Crippen LogP contribution in [-0.4, -0.2) is 27.0 Å². The van der Waals surface area contributed by atoms with E-state index in [9.17, 15) is 0 Å². The van der Waals surface area contributed by atoms with Crippen LogP contribution in [-0.2, 0) is 4.74 Å². The third-order valence-electron chi connectivity index (χ3n) is 1.92. The Balaban J connectivity index is 2.49. The molecule has 5 nitrogen and oxygen atoms in total. The molecule has 2 aromatic heterocycles. The fraction of sp³-hybridized carbons (Fsp3) is 0.375. The number of hydrogen-bond donors (Lipinski definition) is 1. The van der Waals surface area contributed by atoms with Crippen molar-refractivity contribution in [1.29, 1.82) is 0 Å². The van der Waals surface area contributed by atoms with Crippen LogP contribution in [0.1, 0.15) is 18.9 Å². The highest BCUT2D eigenvalue weighted by Crippen LogP contribution is 2.14. The number of ether oxygens (including phenoxy) is 1. The molecular weight excluding hydrogens is 168 g/mol. The Hall–Kier alpha value is -1.49. The lowest BCUT2D eigenvalue weighted by atomic mass is 10.4. The van der Waals surface area contributed by atoms with E-state index in [1.165, 1.54) is 6.33 Å². The summed E-state index contributed by atoms with van der Waals surface area (Å²) in [7, 11) is 1.64. The first-order chi connectivity index (χ1) is 6.31. The molecule has 0 radical (unpaired) electrons. The minimum Gasteiger partial charge on any atom is -0.374 e. The highest BCUT2D eigenvalue weighted by Gasteiger charge is 2.09. The third-order valence-corrected chi connectivity index (χ3v) is 1.92. The number of aromatic nitrogens is 4. The smallest absolute Gasteiger partial charge is 0.180 e. The molecule has 1 unspecified atom stereocenters. The highest BCUT2D eigenvalue weighted by molar-refractivity contribution is 5.68. The topological polar surface area (TPSA) is 63.7 Å². The van der Waals surface area contributed by atoms with E-state index in [2.05, 4.69) is 19.9 Å². The summed E-state index contributed by atoms with van der Waals surface area (Å²) in [6.07, 6.45) is 3.13. The van der Waals surface area contributed by atoms with Crippen molar-refractivity contribution in [2.45, 2.75) is 13.0 Å². The van der Waals surface area contributed by atoms with Gasteiger partial charge in [0.2, 0.25) is 0 Å². The summed E-state index contributed by atoms with van der Waals surface area (Å²) in [5.74, 6) is 0.776. The summed E-state index contributed by atoms with van der Waals surface area (Å²) in [6, 6.07) is 0. The first kappa shape index (κ1) is 8.12. The quantitative estimate of drug-likeness (QED) is 0.746. The van der Waals surface area contributed by atoms with Gasteiger partial charge in [-0.3, -0.25) is 0 Å². The predicted octanol–water partition coefficient (Wildman–Crippen LogP) is 1.06. The maximum Gasteiger partial charge on any atom is 0.180 e. The number of rotatable bonds is 2. The molecule has 0 spiro atoms. The molecule has 0 bridgehead atoms. The van der Waals surface area contributed by atoms with Gasteiger partial charge in [0.15, 0.2) is 5.65 Å². The van der Waals surface area contributed by atoms with Crippen molar-refractivity contribution in [2.24, 2.45) is 0 Å². The fourth-order valence-corrected chi connectivity index (χ4v) is 1.08. The molecule has 1 N–H and O–H groups in total. The van der Waals surface area contributed by atoms with E-state index in [0.717, 1.165) is 11.3 Å². The molecule has 2 aromatic rings. The minimum atomic E-state index is -0.0470. The molecule has 0 fully saturated rings. The second-order valence-electron chi connectivity index (χ2n) is 2.76. The number of aromatic amines is 1. The van der Waals surface area contributed by atoms with Gasteiger partial charge in [-0.1, -0.05) is 0 Å². The molecule has 2 rings (SSSR count). The van der Waals surface area contributed by atoms with E-state index >= 15 is 0 Å². The summed E-state index contributed by atoms with van der Waals surface area (Å²) in [5, 5.41) is 0. The predicted molar refractivity (Wildman–Crippen MR) is 47.1 cm³/mol. The van der Waals surface area contributed by atoms with E-state index in [1.54, 1.807) is 13.3 Å². The van der Waals surface area contributed by atoms with Gasteiger partial charge in [-0.05, 0) is 6.92 Å². The number of nitrogens with one attached hydrogen (secondary N) is 1. The normalized spacial score (nSPS) is 13.4. The highest BCUT2D eigenvalue weighted by atomic mass is 16.5. The summed E-state index contributed by atoms with van der Waals surface area (Å²) < 4.78 is 5.12. The molecule has 0 amide bonds. The van der Waals surface area contributed by atoms with Gasteiger partial charge in [-0.25, -0.2) is 15.0 Å². The molecule has 0 aliphatic rings. The largest absolute Gasteiger partial charge is 0.374 e. The average molecular weight is 178 g/mol. The molecule has 0 aliphatic carbocycles. The second-order valence-corrected chi connectivity index (χ2v) is 2.76. The maximum atomic E-state index is 5.12. The van der Waals surface area contributed by atoms with Gasteiger partial charge in [0, 0.05) is 7.11 Å². The van der Waals surface area contributed by atoms with Crippen LogP contribution < -0.4 is 0 Å². The van der Waals surface area contributed by atoms with E-state index in [1.807, 2.05) is 6.92 Å². The molecule has 0 aromatic carbocycles. The number of hydrogen-bond acceptors (Lipinski definition) is 4. The van der Waals surface area contributed by atoms with Gasteiger partial charge in [0.05, 0.1) is 6.20 Å². The summed E-state index contributed by atoms with van der Waals surface area (Å²) in [4.78, 5) is 15.2. The zero-order chi connectivity index (χ0) is 9.26. The van der Waals surface area contributed by atoms with Gasteiger partial charge < -0.3 is 9.72 Å². The standard InChI is InChI=1S/C8H10N4O/c1-5(13-2)7-11-6-3-9-4-10-8(6)12-7/h3-5H,1-2H3,(H,9,10,11,12). The zero-order valence-corrected chi connectivity index (χ0v) is 7.48. The van der Waals surface area contributed by atoms with Gasteiger partial charge >= 0.3 is 0 Å².